The van der Waals surface area contributed by atoms with Crippen molar-refractivity contribution < 1.29 is 9.53 Å². The molecule has 25 heavy (non-hydrogen) atoms. The maximum atomic E-state index is 12.6. The van der Waals surface area contributed by atoms with E-state index < -0.39 is 0 Å². The van der Waals surface area contributed by atoms with Crippen LogP contribution in [-0.4, -0.2) is 29.6 Å². The number of ether oxygens (including phenoxy) is 1. The van der Waals surface area contributed by atoms with Crippen LogP contribution in [0.25, 0.3) is 0 Å². The van der Waals surface area contributed by atoms with Gasteiger partial charge in [-0.25, -0.2) is 0 Å². The summed E-state index contributed by atoms with van der Waals surface area (Å²) in [5, 5.41) is 2.09. The van der Waals surface area contributed by atoms with Crippen LogP contribution in [0.3, 0.4) is 0 Å². The van der Waals surface area contributed by atoms with E-state index in [0.717, 1.165) is 32.4 Å². The maximum Gasteiger partial charge on any atom is 0.222 e. The van der Waals surface area contributed by atoms with Crippen molar-refractivity contribution in [1.82, 2.24) is 4.90 Å². The molecule has 0 saturated carbocycles. The Morgan fingerprint density at radius 2 is 2.08 bits per heavy atom. The van der Waals surface area contributed by atoms with Crippen molar-refractivity contribution in [3.8, 4) is 0 Å². The molecule has 2 heterocycles. The number of nitrogens with zero attached hydrogens (tertiary/aromatic N) is 1. The van der Waals surface area contributed by atoms with E-state index in [1.165, 1.54) is 4.88 Å². The number of thiophene rings is 1. The molecule has 1 aliphatic rings. The Hall–Kier alpha value is -0.870. The Balaban J connectivity index is 2.16. The summed E-state index contributed by atoms with van der Waals surface area (Å²) in [7, 11) is 0. The van der Waals surface area contributed by atoms with E-state index in [0.29, 0.717) is 12.3 Å². The molecule has 1 saturated heterocycles. The van der Waals surface area contributed by atoms with Crippen molar-refractivity contribution in [3.63, 3.8) is 0 Å². The monoisotopic (exact) mass is 365 g/mol. The lowest BCUT2D eigenvalue weighted by atomic mass is 9.65. The van der Waals surface area contributed by atoms with E-state index in [4.69, 9.17) is 4.74 Å². The quantitative estimate of drug-likeness (QED) is 0.623. The van der Waals surface area contributed by atoms with Crippen molar-refractivity contribution in [3.05, 3.63) is 22.4 Å². The van der Waals surface area contributed by atoms with Gasteiger partial charge in [0, 0.05) is 24.4 Å². The Labute approximate surface area is 157 Å². The molecule has 1 aromatic rings. The molecule has 0 unspecified atom stereocenters. The highest BCUT2D eigenvalue weighted by molar-refractivity contribution is 7.10. The Bertz CT molecular complexity index is 552. The number of hydrogen-bond donors (Lipinski definition) is 0. The van der Waals surface area contributed by atoms with Gasteiger partial charge in [-0.1, -0.05) is 26.8 Å². The van der Waals surface area contributed by atoms with E-state index >= 15 is 0 Å². The summed E-state index contributed by atoms with van der Waals surface area (Å²) in [6.45, 7) is 14.8. The lowest BCUT2D eigenvalue weighted by Gasteiger charge is -2.48. The highest BCUT2D eigenvalue weighted by Gasteiger charge is 2.43. The van der Waals surface area contributed by atoms with Gasteiger partial charge in [-0.05, 0) is 62.8 Å². The van der Waals surface area contributed by atoms with Gasteiger partial charge in [-0.2, -0.15) is 0 Å². The van der Waals surface area contributed by atoms with E-state index in [-0.39, 0.29) is 23.0 Å². The van der Waals surface area contributed by atoms with Gasteiger partial charge in [0.15, 0.2) is 0 Å². The topological polar surface area (TPSA) is 29.5 Å². The third-order valence-electron chi connectivity index (χ3n) is 5.99. The van der Waals surface area contributed by atoms with Crippen LogP contribution in [-0.2, 0) is 9.53 Å². The van der Waals surface area contributed by atoms with Gasteiger partial charge in [0.05, 0.1) is 11.6 Å². The number of amides is 1. The minimum atomic E-state index is -0.0680. The molecule has 2 rings (SSSR count). The van der Waals surface area contributed by atoms with Crippen LogP contribution in [0.2, 0.25) is 0 Å². The summed E-state index contributed by atoms with van der Waals surface area (Å²) in [4.78, 5) is 16.0. The van der Waals surface area contributed by atoms with Crippen LogP contribution in [0.4, 0.5) is 0 Å². The number of hydrogen-bond acceptors (Lipinski definition) is 3. The largest absolute Gasteiger partial charge is 0.376 e. The average molecular weight is 366 g/mol. The van der Waals surface area contributed by atoms with Crippen LogP contribution < -0.4 is 0 Å². The lowest BCUT2D eigenvalue weighted by molar-refractivity contribution is -0.137. The first-order chi connectivity index (χ1) is 11.7. The second-order valence-corrected chi connectivity index (χ2v) is 9.41. The normalized spacial score (nSPS) is 24.3. The van der Waals surface area contributed by atoms with Crippen molar-refractivity contribution in [2.75, 3.05) is 13.2 Å². The first kappa shape index (κ1) is 20.4. The molecule has 1 aliphatic heterocycles. The van der Waals surface area contributed by atoms with Gasteiger partial charge in [0.2, 0.25) is 5.91 Å². The van der Waals surface area contributed by atoms with Crippen molar-refractivity contribution in [1.29, 1.82) is 0 Å². The molecule has 0 N–H and O–H groups in total. The molecule has 0 aliphatic carbocycles. The van der Waals surface area contributed by atoms with Crippen LogP contribution >= 0.6 is 11.3 Å². The maximum absolute atomic E-state index is 12.6. The predicted octanol–water partition coefficient (Wildman–Crippen LogP) is 5.67. The van der Waals surface area contributed by atoms with Crippen LogP contribution in [0.1, 0.15) is 78.1 Å². The van der Waals surface area contributed by atoms with Gasteiger partial charge < -0.3 is 9.64 Å². The Morgan fingerprint density at radius 3 is 2.60 bits per heavy atom. The molecular formula is C21H35NO2S. The van der Waals surface area contributed by atoms with Gasteiger partial charge >= 0.3 is 0 Å². The Morgan fingerprint density at radius 1 is 1.36 bits per heavy atom. The molecule has 0 aromatic carbocycles. The fourth-order valence-corrected chi connectivity index (χ4v) is 5.07. The fraction of sp³-hybridized carbons (Fsp3) is 0.762. The zero-order valence-corrected chi connectivity index (χ0v) is 17.6. The van der Waals surface area contributed by atoms with Gasteiger partial charge in [0.25, 0.3) is 0 Å². The highest BCUT2D eigenvalue weighted by atomic mass is 32.1. The minimum Gasteiger partial charge on any atom is -0.376 e. The fourth-order valence-electron chi connectivity index (χ4n) is 4.28. The molecule has 1 amide bonds. The highest BCUT2D eigenvalue weighted by Crippen LogP contribution is 2.47. The van der Waals surface area contributed by atoms with Gasteiger partial charge in [-0.3, -0.25) is 4.79 Å². The van der Waals surface area contributed by atoms with E-state index in [1.54, 1.807) is 11.3 Å². The SMILES string of the molecule is CCC(=O)N(CC[C@]1(C(C)C)CCOC(C)(C)C1)[C@H](C)c1cccs1. The molecule has 0 spiro atoms. The molecular weight excluding hydrogens is 330 g/mol. The number of rotatable bonds is 7. The summed E-state index contributed by atoms with van der Waals surface area (Å²) in [5.74, 6) is 0.845. The van der Waals surface area contributed by atoms with Crippen molar-refractivity contribution >= 4 is 17.2 Å². The molecule has 2 atom stereocenters. The van der Waals surface area contributed by atoms with E-state index in [2.05, 4.69) is 57.0 Å². The summed E-state index contributed by atoms with van der Waals surface area (Å²) in [6, 6.07) is 4.37. The molecule has 3 nitrogen and oxygen atoms in total. The summed E-state index contributed by atoms with van der Waals surface area (Å²) < 4.78 is 5.97. The molecule has 1 aromatic heterocycles. The molecule has 0 radical (unpaired) electrons. The molecule has 142 valence electrons. The zero-order chi connectivity index (χ0) is 18.7. The molecule has 1 fully saturated rings. The summed E-state index contributed by atoms with van der Waals surface area (Å²) >= 11 is 1.74. The first-order valence-electron chi connectivity index (χ1n) is 9.67. The van der Waals surface area contributed by atoms with Crippen molar-refractivity contribution in [2.45, 2.75) is 78.9 Å². The third-order valence-corrected chi connectivity index (χ3v) is 7.03. The number of carbonyl (C=O) groups is 1. The average Bonchev–Trinajstić information content (AvgIpc) is 3.07. The molecule has 4 heteroatoms. The van der Waals surface area contributed by atoms with Crippen LogP contribution in [0.15, 0.2) is 17.5 Å². The lowest BCUT2D eigenvalue weighted by Crippen LogP contribution is -2.46. The summed E-state index contributed by atoms with van der Waals surface area (Å²) in [5.41, 5.74) is 0.185. The molecule has 0 bridgehead atoms. The predicted molar refractivity (Wildman–Crippen MR) is 106 cm³/mol. The zero-order valence-electron chi connectivity index (χ0n) is 16.8. The van der Waals surface area contributed by atoms with Crippen LogP contribution in [0.5, 0.6) is 0 Å². The number of carbonyl (C=O) groups excluding carboxylic acids is 1. The smallest absolute Gasteiger partial charge is 0.222 e. The second kappa shape index (κ2) is 8.22. The summed E-state index contributed by atoms with van der Waals surface area (Å²) in [6.07, 6.45) is 3.78. The Kier molecular flexibility index (Phi) is 6.72. The van der Waals surface area contributed by atoms with Crippen molar-refractivity contribution in [2.24, 2.45) is 11.3 Å². The van der Waals surface area contributed by atoms with Gasteiger partial charge in [0.1, 0.15) is 0 Å². The standard InChI is InChI=1S/C21H35NO2S/c1-7-19(23)22(17(4)18-9-8-14-25-18)12-10-21(16(2)3)11-13-24-20(5,6)15-21/h8-9,14,16-17H,7,10-13,15H2,1-6H3/t17-,21+/m1/s1. The first-order valence-corrected chi connectivity index (χ1v) is 10.6. The van der Waals surface area contributed by atoms with Gasteiger partial charge in [-0.15, -0.1) is 11.3 Å². The van der Waals surface area contributed by atoms with E-state index in [1.807, 2.05) is 6.92 Å². The van der Waals surface area contributed by atoms with E-state index in [9.17, 15) is 4.79 Å². The minimum absolute atomic E-state index is 0.0680. The third kappa shape index (κ3) is 4.85. The van der Waals surface area contributed by atoms with Crippen LogP contribution in [0, 0.1) is 11.3 Å². The second-order valence-electron chi connectivity index (χ2n) is 8.43.